The summed E-state index contributed by atoms with van der Waals surface area (Å²) in [4.78, 5) is 12.1. The van der Waals surface area contributed by atoms with E-state index in [9.17, 15) is 4.79 Å². The van der Waals surface area contributed by atoms with Crippen molar-refractivity contribution < 1.29 is 14.3 Å². The highest BCUT2D eigenvalue weighted by Gasteiger charge is 2.31. The fraction of sp³-hybridized carbons (Fsp3) is 0.562. The van der Waals surface area contributed by atoms with E-state index in [0.29, 0.717) is 30.2 Å². The van der Waals surface area contributed by atoms with Crippen molar-refractivity contribution in [3.63, 3.8) is 0 Å². The van der Waals surface area contributed by atoms with Crippen LogP contribution in [0.1, 0.15) is 39.0 Å². The van der Waals surface area contributed by atoms with Gasteiger partial charge in [0.25, 0.3) is 0 Å². The van der Waals surface area contributed by atoms with Gasteiger partial charge in [0.15, 0.2) is 11.5 Å². The second-order valence-corrected chi connectivity index (χ2v) is 5.59. The second-order valence-electron chi connectivity index (χ2n) is 5.59. The molecule has 1 aromatic rings. The molecule has 1 saturated carbocycles. The summed E-state index contributed by atoms with van der Waals surface area (Å²) in [6.07, 6.45) is 4.44. The maximum Gasteiger partial charge on any atom is 0.226 e. The first-order valence-electron chi connectivity index (χ1n) is 7.46. The summed E-state index contributed by atoms with van der Waals surface area (Å²) in [5.41, 5.74) is 6.60. The highest BCUT2D eigenvalue weighted by molar-refractivity contribution is 5.91. The minimum absolute atomic E-state index is 0.0491. The molecular weight excluding hydrogens is 268 g/mol. The van der Waals surface area contributed by atoms with E-state index in [0.717, 1.165) is 25.7 Å². The van der Waals surface area contributed by atoms with Gasteiger partial charge in [0.1, 0.15) is 0 Å². The Morgan fingerprint density at radius 1 is 1.33 bits per heavy atom. The molecule has 0 aromatic heterocycles. The number of nitrogens with one attached hydrogen (secondary N) is 1. The van der Waals surface area contributed by atoms with Gasteiger partial charge in [0, 0.05) is 23.7 Å². The lowest BCUT2D eigenvalue weighted by Crippen LogP contribution is -2.40. The lowest BCUT2D eigenvalue weighted by Gasteiger charge is -2.22. The van der Waals surface area contributed by atoms with E-state index in [2.05, 4.69) is 5.32 Å². The molecule has 5 nitrogen and oxygen atoms in total. The number of ether oxygens (including phenoxy) is 2. The van der Waals surface area contributed by atoms with Crippen LogP contribution in [0.15, 0.2) is 18.2 Å². The van der Waals surface area contributed by atoms with Crippen LogP contribution in [0.2, 0.25) is 0 Å². The summed E-state index contributed by atoms with van der Waals surface area (Å²) in [6.45, 7) is 2.45. The monoisotopic (exact) mass is 292 g/mol. The first-order valence-corrected chi connectivity index (χ1v) is 7.46. The standard InChI is InChI=1S/C16H24N2O3/c1-3-21-14-10-12(6-7-13(14)20-2)18-15(19)11-16(17)8-4-5-9-16/h6-7,10H,3-5,8-9,11,17H2,1-2H3,(H,18,19). The van der Waals surface area contributed by atoms with Crippen molar-refractivity contribution in [3.8, 4) is 11.5 Å². The lowest BCUT2D eigenvalue weighted by atomic mass is 9.94. The Kier molecular flexibility index (Phi) is 5.07. The van der Waals surface area contributed by atoms with Crippen LogP contribution in [-0.4, -0.2) is 25.2 Å². The van der Waals surface area contributed by atoms with Crippen molar-refractivity contribution in [1.82, 2.24) is 0 Å². The van der Waals surface area contributed by atoms with Crippen molar-refractivity contribution in [3.05, 3.63) is 18.2 Å². The number of hydrogen-bond donors (Lipinski definition) is 2. The molecule has 0 spiro atoms. The molecule has 1 amide bonds. The minimum Gasteiger partial charge on any atom is -0.493 e. The number of carbonyl (C=O) groups excluding carboxylic acids is 1. The number of rotatable bonds is 6. The van der Waals surface area contributed by atoms with Gasteiger partial charge in [-0.3, -0.25) is 4.79 Å². The third-order valence-corrected chi connectivity index (χ3v) is 3.86. The highest BCUT2D eigenvalue weighted by atomic mass is 16.5. The van der Waals surface area contributed by atoms with Gasteiger partial charge in [0.2, 0.25) is 5.91 Å². The molecule has 0 saturated heterocycles. The SMILES string of the molecule is CCOc1cc(NC(=O)CC2(N)CCCC2)ccc1OC. The van der Waals surface area contributed by atoms with Crippen molar-refractivity contribution >= 4 is 11.6 Å². The lowest BCUT2D eigenvalue weighted by molar-refractivity contribution is -0.117. The summed E-state index contributed by atoms with van der Waals surface area (Å²) in [5, 5.41) is 2.89. The molecule has 0 heterocycles. The summed E-state index contributed by atoms with van der Waals surface area (Å²) in [7, 11) is 1.59. The molecular formula is C16H24N2O3. The van der Waals surface area contributed by atoms with Crippen molar-refractivity contribution in [2.45, 2.75) is 44.6 Å². The Morgan fingerprint density at radius 3 is 2.67 bits per heavy atom. The molecule has 0 bridgehead atoms. The van der Waals surface area contributed by atoms with Crippen LogP contribution in [-0.2, 0) is 4.79 Å². The van der Waals surface area contributed by atoms with E-state index >= 15 is 0 Å². The predicted octanol–water partition coefficient (Wildman–Crippen LogP) is 2.69. The average Bonchev–Trinajstić information content (AvgIpc) is 2.85. The highest BCUT2D eigenvalue weighted by Crippen LogP contribution is 2.32. The van der Waals surface area contributed by atoms with Gasteiger partial charge in [-0.05, 0) is 31.9 Å². The Morgan fingerprint density at radius 2 is 2.05 bits per heavy atom. The maximum atomic E-state index is 12.1. The first kappa shape index (κ1) is 15.6. The van der Waals surface area contributed by atoms with E-state index in [-0.39, 0.29) is 11.4 Å². The molecule has 0 aliphatic heterocycles. The second kappa shape index (κ2) is 6.80. The zero-order valence-electron chi connectivity index (χ0n) is 12.8. The number of anilines is 1. The van der Waals surface area contributed by atoms with Crippen LogP contribution in [0, 0.1) is 0 Å². The summed E-state index contributed by atoms with van der Waals surface area (Å²) >= 11 is 0. The quantitative estimate of drug-likeness (QED) is 0.845. The van der Waals surface area contributed by atoms with Crippen molar-refractivity contribution in [2.24, 2.45) is 5.73 Å². The average molecular weight is 292 g/mol. The van der Waals surface area contributed by atoms with Gasteiger partial charge < -0.3 is 20.5 Å². The number of methoxy groups -OCH3 is 1. The molecule has 21 heavy (non-hydrogen) atoms. The van der Waals surface area contributed by atoms with E-state index in [4.69, 9.17) is 15.2 Å². The Bertz CT molecular complexity index is 496. The fourth-order valence-corrected chi connectivity index (χ4v) is 2.80. The predicted molar refractivity (Wildman–Crippen MR) is 82.8 cm³/mol. The number of nitrogens with two attached hydrogens (primary N) is 1. The molecule has 3 N–H and O–H groups in total. The van der Waals surface area contributed by atoms with E-state index in [1.807, 2.05) is 6.92 Å². The van der Waals surface area contributed by atoms with Crippen molar-refractivity contribution in [2.75, 3.05) is 19.0 Å². The Labute approximate surface area is 125 Å². The molecule has 1 aliphatic rings. The van der Waals surface area contributed by atoms with Gasteiger partial charge in [-0.1, -0.05) is 12.8 Å². The molecule has 5 heteroatoms. The van der Waals surface area contributed by atoms with Crippen LogP contribution >= 0.6 is 0 Å². The van der Waals surface area contributed by atoms with Crippen LogP contribution in [0.25, 0.3) is 0 Å². The van der Waals surface area contributed by atoms with E-state index < -0.39 is 0 Å². The van der Waals surface area contributed by atoms with Gasteiger partial charge in [0.05, 0.1) is 13.7 Å². The third kappa shape index (κ3) is 4.11. The molecule has 2 rings (SSSR count). The summed E-state index contributed by atoms with van der Waals surface area (Å²) in [6, 6.07) is 5.36. The zero-order chi connectivity index (χ0) is 15.3. The smallest absolute Gasteiger partial charge is 0.226 e. The number of hydrogen-bond acceptors (Lipinski definition) is 4. The van der Waals surface area contributed by atoms with Crippen LogP contribution in [0.3, 0.4) is 0 Å². The largest absolute Gasteiger partial charge is 0.493 e. The van der Waals surface area contributed by atoms with Gasteiger partial charge in [-0.2, -0.15) is 0 Å². The zero-order valence-corrected chi connectivity index (χ0v) is 12.8. The minimum atomic E-state index is -0.334. The summed E-state index contributed by atoms with van der Waals surface area (Å²) < 4.78 is 10.7. The molecule has 1 aliphatic carbocycles. The number of benzene rings is 1. The molecule has 0 atom stereocenters. The Hall–Kier alpha value is -1.75. The van der Waals surface area contributed by atoms with Crippen LogP contribution in [0.4, 0.5) is 5.69 Å². The van der Waals surface area contributed by atoms with Crippen LogP contribution in [0.5, 0.6) is 11.5 Å². The van der Waals surface area contributed by atoms with Crippen LogP contribution < -0.4 is 20.5 Å². The first-order chi connectivity index (χ1) is 10.1. The summed E-state index contributed by atoms with van der Waals surface area (Å²) in [5.74, 6) is 1.23. The maximum absolute atomic E-state index is 12.1. The number of amides is 1. The molecule has 1 fully saturated rings. The Balaban J connectivity index is 2.01. The third-order valence-electron chi connectivity index (χ3n) is 3.86. The molecule has 1 aromatic carbocycles. The van der Waals surface area contributed by atoms with E-state index in [1.165, 1.54) is 0 Å². The molecule has 0 radical (unpaired) electrons. The fourth-order valence-electron chi connectivity index (χ4n) is 2.80. The van der Waals surface area contributed by atoms with Gasteiger partial charge in [-0.25, -0.2) is 0 Å². The van der Waals surface area contributed by atoms with Gasteiger partial charge in [-0.15, -0.1) is 0 Å². The number of carbonyl (C=O) groups is 1. The van der Waals surface area contributed by atoms with Crippen molar-refractivity contribution in [1.29, 1.82) is 0 Å². The molecule has 0 unspecified atom stereocenters. The molecule has 116 valence electrons. The van der Waals surface area contributed by atoms with Gasteiger partial charge >= 0.3 is 0 Å². The topological polar surface area (TPSA) is 73.6 Å². The van der Waals surface area contributed by atoms with E-state index in [1.54, 1.807) is 25.3 Å². The normalized spacial score (nSPS) is 16.5.